The Hall–Kier alpha value is -1.29. The molecule has 0 bridgehead atoms. The molecule has 1 aromatic carbocycles. The fraction of sp³-hybridized carbons (Fsp3) is 0.500. The summed E-state index contributed by atoms with van der Waals surface area (Å²) in [5.41, 5.74) is 2.63. The molecule has 1 aromatic heterocycles. The predicted molar refractivity (Wildman–Crippen MR) is 85.1 cm³/mol. The van der Waals surface area contributed by atoms with Gasteiger partial charge in [0.1, 0.15) is 5.82 Å². The summed E-state index contributed by atoms with van der Waals surface area (Å²) in [5.74, 6) is 2.46. The topological polar surface area (TPSA) is 30.7 Å². The lowest BCUT2D eigenvalue weighted by molar-refractivity contribution is 0.572. The molecule has 0 saturated carbocycles. The summed E-state index contributed by atoms with van der Waals surface area (Å²) in [6.07, 6.45) is 1.11. The van der Waals surface area contributed by atoms with E-state index in [2.05, 4.69) is 66.7 Å². The van der Waals surface area contributed by atoms with E-state index in [9.17, 15) is 0 Å². The fourth-order valence-corrected chi connectivity index (χ4v) is 3.03. The molecule has 3 nitrogen and oxygen atoms in total. The van der Waals surface area contributed by atoms with E-state index in [1.165, 1.54) is 11.1 Å². The van der Waals surface area contributed by atoms with Crippen molar-refractivity contribution in [1.29, 1.82) is 0 Å². The first kappa shape index (κ1) is 15.1. The molecule has 0 spiro atoms. The van der Waals surface area contributed by atoms with Gasteiger partial charge in [-0.1, -0.05) is 62.4 Å². The Labute approximate surface area is 125 Å². The first-order valence-corrected chi connectivity index (χ1v) is 8.21. The third kappa shape index (κ3) is 3.63. The molecule has 0 aliphatic rings. The van der Waals surface area contributed by atoms with E-state index in [1.807, 2.05) is 0 Å². The van der Waals surface area contributed by atoms with E-state index in [4.69, 9.17) is 0 Å². The lowest BCUT2D eigenvalue weighted by Gasteiger charge is -2.10. The van der Waals surface area contributed by atoms with Gasteiger partial charge in [0.15, 0.2) is 5.16 Å². The van der Waals surface area contributed by atoms with Crippen molar-refractivity contribution in [2.24, 2.45) is 0 Å². The molecule has 0 unspecified atom stereocenters. The normalized spacial score (nSPS) is 11.2. The first-order valence-electron chi connectivity index (χ1n) is 7.23. The molecule has 0 fully saturated rings. The zero-order valence-corrected chi connectivity index (χ0v) is 13.6. The molecular formula is C16H23N3S. The van der Waals surface area contributed by atoms with E-state index in [0.717, 1.165) is 29.7 Å². The van der Waals surface area contributed by atoms with Crippen LogP contribution in [0, 0.1) is 6.92 Å². The number of hydrogen-bond acceptors (Lipinski definition) is 3. The lowest BCUT2D eigenvalue weighted by atomic mass is 10.2. The number of hydrogen-bond donors (Lipinski definition) is 0. The maximum Gasteiger partial charge on any atom is 0.191 e. The standard InChI is InChI=1S/C16H23N3S/c1-5-10-19-15(12(2)3)17-18-16(19)20-11-14-8-6-13(4)7-9-14/h6-9,12H,5,10-11H2,1-4H3. The van der Waals surface area contributed by atoms with Crippen LogP contribution >= 0.6 is 11.8 Å². The van der Waals surface area contributed by atoms with Gasteiger partial charge in [0, 0.05) is 18.2 Å². The number of benzene rings is 1. The second-order valence-electron chi connectivity index (χ2n) is 5.42. The average Bonchev–Trinajstić information content (AvgIpc) is 2.82. The summed E-state index contributed by atoms with van der Waals surface area (Å²) in [4.78, 5) is 0. The second-order valence-corrected chi connectivity index (χ2v) is 6.36. The summed E-state index contributed by atoms with van der Waals surface area (Å²) >= 11 is 1.77. The number of rotatable bonds is 6. The predicted octanol–water partition coefficient (Wildman–Crippen LogP) is 4.41. The Kier molecular flexibility index (Phi) is 5.24. The Bertz CT molecular complexity index is 543. The van der Waals surface area contributed by atoms with Crippen LogP contribution < -0.4 is 0 Å². The zero-order valence-electron chi connectivity index (χ0n) is 12.8. The van der Waals surface area contributed by atoms with E-state index in [1.54, 1.807) is 11.8 Å². The fourth-order valence-electron chi connectivity index (χ4n) is 2.10. The molecule has 0 atom stereocenters. The van der Waals surface area contributed by atoms with E-state index in [-0.39, 0.29) is 0 Å². The van der Waals surface area contributed by atoms with E-state index in [0.29, 0.717) is 5.92 Å². The number of aromatic nitrogens is 3. The SMILES string of the molecule is CCCn1c(SCc2ccc(C)cc2)nnc1C(C)C. The molecule has 0 aliphatic carbocycles. The molecule has 0 saturated heterocycles. The Morgan fingerprint density at radius 1 is 1.15 bits per heavy atom. The van der Waals surface area contributed by atoms with Gasteiger partial charge < -0.3 is 4.57 Å². The van der Waals surface area contributed by atoms with Crippen LogP contribution in [0.25, 0.3) is 0 Å². The quantitative estimate of drug-likeness (QED) is 0.738. The minimum atomic E-state index is 0.419. The molecule has 2 rings (SSSR count). The van der Waals surface area contributed by atoms with Gasteiger partial charge in [-0.15, -0.1) is 10.2 Å². The molecular weight excluding hydrogens is 266 g/mol. The Morgan fingerprint density at radius 3 is 2.45 bits per heavy atom. The van der Waals surface area contributed by atoms with Crippen LogP contribution in [-0.2, 0) is 12.3 Å². The van der Waals surface area contributed by atoms with Crippen molar-refractivity contribution >= 4 is 11.8 Å². The largest absolute Gasteiger partial charge is 0.306 e. The monoisotopic (exact) mass is 289 g/mol. The molecule has 108 valence electrons. The van der Waals surface area contributed by atoms with Crippen LogP contribution in [0.4, 0.5) is 0 Å². The molecule has 0 N–H and O–H groups in total. The van der Waals surface area contributed by atoms with Crippen molar-refractivity contribution in [3.8, 4) is 0 Å². The van der Waals surface area contributed by atoms with Gasteiger partial charge in [0.25, 0.3) is 0 Å². The lowest BCUT2D eigenvalue weighted by Crippen LogP contribution is -2.06. The van der Waals surface area contributed by atoms with Gasteiger partial charge in [0.05, 0.1) is 0 Å². The minimum Gasteiger partial charge on any atom is -0.306 e. The highest BCUT2D eigenvalue weighted by Crippen LogP contribution is 2.25. The van der Waals surface area contributed by atoms with Gasteiger partial charge in [-0.2, -0.15) is 0 Å². The number of aryl methyl sites for hydroxylation is 1. The molecule has 0 aliphatic heterocycles. The van der Waals surface area contributed by atoms with Crippen LogP contribution in [0.3, 0.4) is 0 Å². The summed E-state index contributed by atoms with van der Waals surface area (Å²) < 4.78 is 2.27. The van der Waals surface area contributed by atoms with Crippen LogP contribution in [0.5, 0.6) is 0 Å². The Balaban J connectivity index is 2.10. The third-order valence-electron chi connectivity index (χ3n) is 3.20. The maximum absolute atomic E-state index is 4.36. The van der Waals surface area contributed by atoms with E-state index < -0.39 is 0 Å². The van der Waals surface area contributed by atoms with Crippen molar-refractivity contribution in [3.05, 3.63) is 41.2 Å². The van der Waals surface area contributed by atoms with Crippen molar-refractivity contribution < 1.29 is 0 Å². The molecule has 4 heteroatoms. The highest BCUT2D eigenvalue weighted by atomic mass is 32.2. The van der Waals surface area contributed by atoms with Crippen LogP contribution in [0.15, 0.2) is 29.4 Å². The minimum absolute atomic E-state index is 0.419. The number of nitrogens with zero attached hydrogens (tertiary/aromatic N) is 3. The van der Waals surface area contributed by atoms with Gasteiger partial charge in [-0.3, -0.25) is 0 Å². The first-order chi connectivity index (χ1) is 9.61. The summed E-state index contributed by atoms with van der Waals surface area (Å²) in [6, 6.07) is 8.69. The molecule has 0 radical (unpaired) electrons. The maximum atomic E-state index is 4.36. The molecule has 0 amide bonds. The molecule has 1 heterocycles. The van der Waals surface area contributed by atoms with Crippen LogP contribution in [0.1, 0.15) is 50.1 Å². The van der Waals surface area contributed by atoms with Gasteiger partial charge in [0.2, 0.25) is 0 Å². The Morgan fingerprint density at radius 2 is 1.85 bits per heavy atom. The van der Waals surface area contributed by atoms with Crippen molar-refractivity contribution in [3.63, 3.8) is 0 Å². The van der Waals surface area contributed by atoms with Gasteiger partial charge in [-0.25, -0.2) is 0 Å². The van der Waals surface area contributed by atoms with Crippen molar-refractivity contribution in [2.75, 3.05) is 0 Å². The summed E-state index contributed by atoms with van der Waals surface area (Å²) in [7, 11) is 0. The van der Waals surface area contributed by atoms with Crippen LogP contribution in [-0.4, -0.2) is 14.8 Å². The van der Waals surface area contributed by atoms with Gasteiger partial charge >= 0.3 is 0 Å². The van der Waals surface area contributed by atoms with Crippen molar-refractivity contribution in [1.82, 2.24) is 14.8 Å². The highest BCUT2D eigenvalue weighted by Gasteiger charge is 2.14. The zero-order chi connectivity index (χ0) is 14.5. The average molecular weight is 289 g/mol. The van der Waals surface area contributed by atoms with E-state index >= 15 is 0 Å². The summed E-state index contributed by atoms with van der Waals surface area (Å²) in [6.45, 7) is 9.65. The smallest absolute Gasteiger partial charge is 0.191 e. The van der Waals surface area contributed by atoms with Gasteiger partial charge in [-0.05, 0) is 18.9 Å². The highest BCUT2D eigenvalue weighted by molar-refractivity contribution is 7.98. The second kappa shape index (κ2) is 6.93. The van der Waals surface area contributed by atoms with Crippen LogP contribution in [0.2, 0.25) is 0 Å². The summed E-state index contributed by atoms with van der Waals surface area (Å²) in [5, 5.41) is 9.76. The molecule has 20 heavy (non-hydrogen) atoms. The molecule has 2 aromatic rings. The number of thioether (sulfide) groups is 1. The third-order valence-corrected chi connectivity index (χ3v) is 4.24. The van der Waals surface area contributed by atoms with Crippen molar-refractivity contribution in [2.45, 2.75) is 57.5 Å².